The summed E-state index contributed by atoms with van der Waals surface area (Å²) in [5, 5.41) is 1.21. The van der Waals surface area contributed by atoms with Crippen molar-refractivity contribution in [2.75, 3.05) is 32.2 Å². The van der Waals surface area contributed by atoms with E-state index in [0.29, 0.717) is 0 Å². The Morgan fingerprint density at radius 1 is 1.26 bits per heavy atom. The molecule has 19 heavy (non-hydrogen) atoms. The molecule has 0 aliphatic carbocycles. The molecule has 0 fully saturated rings. The number of pyridine rings is 1. The molecule has 0 spiro atoms. The average molecular weight is 258 g/mol. The van der Waals surface area contributed by atoms with Gasteiger partial charge in [0.15, 0.2) is 0 Å². The molecular weight excluding hydrogens is 236 g/mol. The maximum Gasteiger partial charge on any atom is 0.0726 e. The number of benzene rings is 1. The molecule has 1 aromatic carbocycles. The summed E-state index contributed by atoms with van der Waals surface area (Å²) in [5.41, 5.74) is 3.49. The van der Waals surface area contributed by atoms with Crippen molar-refractivity contribution < 1.29 is 4.74 Å². The number of nitrogens with zero attached hydrogens (tertiary/aromatic N) is 2. The van der Waals surface area contributed by atoms with Gasteiger partial charge in [-0.15, -0.1) is 0 Å². The highest BCUT2D eigenvalue weighted by Crippen LogP contribution is 2.26. The summed E-state index contributed by atoms with van der Waals surface area (Å²) in [6.07, 6.45) is 2.14. The lowest BCUT2D eigenvalue weighted by Crippen LogP contribution is -2.22. The minimum absolute atomic E-state index is 0.732. The van der Waals surface area contributed by atoms with Gasteiger partial charge in [-0.25, -0.2) is 0 Å². The monoisotopic (exact) mass is 258 g/mol. The lowest BCUT2D eigenvalue weighted by Gasteiger charge is -2.21. The van der Waals surface area contributed by atoms with Crippen molar-refractivity contribution in [2.24, 2.45) is 0 Å². The first-order valence-corrected chi connectivity index (χ1v) is 6.85. The fourth-order valence-corrected chi connectivity index (χ4v) is 2.26. The topological polar surface area (TPSA) is 25.4 Å². The number of anilines is 1. The molecule has 0 atom stereocenters. The molecule has 0 saturated heterocycles. The summed E-state index contributed by atoms with van der Waals surface area (Å²) >= 11 is 0. The molecule has 102 valence electrons. The van der Waals surface area contributed by atoms with Gasteiger partial charge in [0.05, 0.1) is 12.1 Å². The molecule has 3 nitrogen and oxygen atoms in total. The zero-order chi connectivity index (χ0) is 13.7. The van der Waals surface area contributed by atoms with Crippen molar-refractivity contribution in [1.82, 2.24) is 4.98 Å². The lowest BCUT2D eigenvalue weighted by atomic mass is 10.1. The van der Waals surface area contributed by atoms with Crippen LogP contribution < -0.4 is 4.90 Å². The zero-order valence-corrected chi connectivity index (χ0v) is 12.0. The smallest absolute Gasteiger partial charge is 0.0726 e. The van der Waals surface area contributed by atoms with E-state index in [2.05, 4.69) is 43.1 Å². The van der Waals surface area contributed by atoms with Crippen molar-refractivity contribution in [1.29, 1.82) is 0 Å². The maximum atomic E-state index is 5.17. The third kappa shape index (κ3) is 3.24. The van der Waals surface area contributed by atoms with Crippen LogP contribution in [0.2, 0.25) is 0 Å². The first-order chi connectivity index (χ1) is 9.26. The van der Waals surface area contributed by atoms with E-state index < -0.39 is 0 Å². The molecule has 3 heteroatoms. The molecule has 2 rings (SSSR count). The fraction of sp³-hybridized carbons (Fsp3) is 0.438. The third-order valence-corrected chi connectivity index (χ3v) is 3.30. The van der Waals surface area contributed by atoms with E-state index in [1.807, 2.05) is 6.07 Å². The summed E-state index contributed by atoms with van der Waals surface area (Å²) in [7, 11) is 3.84. The van der Waals surface area contributed by atoms with Crippen LogP contribution in [-0.2, 0) is 11.2 Å². The summed E-state index contributed by atoms with van der Waals surface area (Å²) < 4.78 is 5.17. The Labute approximate surface area is 115 Å². The average Bonchev–Trinajstić information content (AvgIpc) is 2.44. The molecule has 2 aromatic rings. The van der Waals surface area contributed by atoms with Crippen LogP contribution in [0.4, 0.5) is 5.69 Å². The Morgan fingerprint density at radius 3 is 2.79 bits per heavy atom. The van der Waals surface area contributed by atoms with E-state index in [1.165, 1.54) is 16.8 Å². The second kappa shape index (κ2) is 6.53. The number of hydrogen-bond acceptors (Lipinski definition) is 3. The van der Waals surface area contributed by atoms with E-state index in [-0.39, 0.29) is 0 Å². The molecule has 0 amide bonds. The highest BCUT2D eigenvalue weighted by atomic mass is 16.5. The van der Waals surface area contributed by atoms with Crippen LogP contribution in [0.25, 0.3) is 10.9 Å². The third-order valence-electron chi connectivity index (χ3n) is 3.30. The van der Waals surface area contributed by atoms with Gasteiger partial charge < -0.3 is 9.64 Å². The van der Waals surface area contributed by atoms with Crippen molar-refractivity contribution in [3.05, 3.63) is 36.0 Å². The summed E-state index contributed by atoms with van der Waals surface area (Å²) in [6, 6.07) is 10.5. The molecule has 0 radical (unpaired) electrons. The quantitative estimate of drug-likeness (QED) is 0.795. The van der Waals surface area contributed by atoms with Crippen LogP contribution in [-0.4, -0.2) is 32.3 Å². The van der Waals surface area contributed by atoms with Gasteiger partial charge in [0, 0.05) is 37.5 Å². The Morgan fingerprint density at radius 2 is 2.05 bits per heavy atom. The first kappa shape index (κ1) is 13.8. The van der Waals surface area contributed by atoms with Gasteiger partial charge in [0.2, 0.25) is 0 Å². The summed E-state index contributed by atoms with van der Waals surface area (Å²) in [6.45, 7) is 3.80. The van der Waals surface area contributed by atoms with E-state index in [0.717, 1.165) is 31.5 Å². The maximum absolute atomic E-state index is 5.17. The number of likely N-dealkylation sites (N-methyl/N-ethyl adjacent to an activating group) is 1. The standard InChI is InChI=1S/C16H22N2O/c1-4-7-13-12-16(18(2)10-11-19-3)14-8-5-6-9-15(14)17-13/h5-6,8-9,12H,4,7,10-11H2,1-3H3. The van der Waals surface area contributed by atoms with Gasteiger partial charge in [0.1, 0.15) is 0 Å². The van der Waals surface area contributed by atoms with E-state index in [4.69, 9.17) is 9.72 Å². The zero-order valence-electron chi connectivity index (χ0n) is 12.0. The lowest BCUT2D eigenvalue weighted by molar-refractivity contribution is 0.206. The highest BCUT2D eigenvalue weighted by molar-refractivity contribution is 5.91. The Hall–Kier alpha value is -1.61. The molecule has 0 saturated carbocycles. The van der Waals surface area contributed by atoms with Crippen molar-refractivity contribution in [2.45, 2.75) is 19.8 Å². The van der Waals surface area contributed by atoms with E-state index >= 15 is 0 Å². The molecule has 0 aliphatic rings. The molecule has 1 aromatic heterocycles. The number of methoxy groups -OCH3 is 1. The predicted octanol–water partition coefficient (Wildman–Crippen LogP) is 3.27. The van der Waals surface area contributed by atoms with Crippen LogP contribution in [0.3, 0.4) is 0 Å². The van der Waals surface area contributed by atoms with E-state index in [9.17, 15) is 0 Å². The molecule has 0 aliphatic heterocycles. The Balaban J connectivity index is 2.43. The van der Waals surface area contributed by atoms with Gasteiger partial charge in [0.25, 0.3) is 0 Å². The second-order valence-corrected chi connectivity index (χ2v) is 4.81. The van der Waals surface area contributed by atoms with Crippen molar-refractivity contribution >= 4 is 16.6 Å². The van der Waals surface area contributed by atoms with E-state index in [1.54, 1.807) is 7.11 Å². The summed E-state index contributed by atoms with van der Waals surface area (Å²) in [4.78, 5) is 6.97. The van der Waals surface area contributed by atoms with Crippen LogP contribution >= 0.6 is 0 Å². The largest absolute Gasteiger partial charge is 0.383 e. The first-order valence-electron chi connectivity index (χ1n) is 6.85. The van der Waals surface area contributed by atoms with Gasteiger partial charge in [-0.05, 0) is 18.6 Å². The number of fused-ring (bicyclic) bond motifs is 1. The molecule has 1 heterocycles. The van der Waals surface area contributed by atoms with Gasteiger partial charge in [-0.1, -0.05) is 31.5 Å². The molecule has 0 unspecified atom stereocenters. The normalized spacial score (nSPS) is 10.9. The highest BCUT2D eigenvalue weighted by Gasteiger charge is 2.09. The van der Waals surface area contributed by atoms with Crippen LogP contribution in [0.1, 0.15) is 19.0 Å². The Kier molecular flexibility index (Phi) is 4.74. The molecular formula is C16H22N2O. The van der Waals surface area contributed by atoms with Crippen molar-refractivity contribution in [3.8, 4) is 0 Å². The van der Waals surface area contributed by atoms with Gasteiger partial charge in [-0.3, -0.25) is 4.98 Å². The SMILES string of the molecule is CCCc1cc(N(C)CCOC)c2ccccc2n1. The van der Waals surface area contributed by atoms with Gasteiger partial charge in [-0.2, -0.15) is 0 Å². The number of aryl methyl sites for hydroxylation is 1. The van der Waals surface area contributed by atoms with Crippen LogP contribution in [0.15, 0.2) is 30.3 Å². The number of ether oxygens (including phenoxy) is 1. The van der Waals surface area contributed by atoms with Crippen LogP contribution in [0, 0.1) is 0 Å². The van der Waals surface area contributed by atoms with Gasteiger partial charge >= 0.3 is 0 Å². The second-order valence-electron chi connectivity index (χ2n) is 4.81. The number of rotatable bonds is 6. The Bertz CT molecular complexity index is 539. The summed E-state index contributed by atoms with van der Waals surface area (Å²) in [5.74, 6) is 0. The predicted molar refractivity (Wildman–Crippen MR) is 80.9 cm³/mol. The fourth-order valence-electron chi connectivity index (χ4n) is 2.26. The molecule has 0 N–H and O–H groups in total. The number of hydrogen-bond donors (Lipinski definition) is 0. The molecule has 0 bridgehead atoms. The number of para-hydroxylation sites is 1. The minimum atomic E-state index is 0.732. The number of aromatic nitrogens is 1. The minimum Gasteiger partial charge on any atom is -0.383 e. The van der Waals surface area contributed by atoms with Crippen molar-refractivity contribution in [3.63, 3.8) is 0 Å². The van der Waals surface area contributed by atoms with Crippen LogP contribution in [0.5, 0.6) is 0 Å².